The summed E-state index contributed by atoms with van der Waals surface area (Å²) in [7, 11) is 0. The number of fused-ring (bicyclic) bond motifs is 5. The summed E-state index contributed by atoms with van der Waals surface area (Å²) in [5.74, 6) is 5.86. The number of hydrogen-bond acceptors (Lipinski definition) is 6. The number of hydrogen-bond donors (Lipinski definition) is 1. The maximum atomic E-state index is 13.2. The Balaban J connectivity index is 1.10. The predicted octanol–water partition coefficient (Wildman–Crippen LogP) is 17.2. The highest BCUT2D eigenvalue weighted by Crippen LogP contribution is 2.67. The van der Waals surface area contributed by atoms with Gasteiger partial charge < -0.3 is 19.5 Å². The molecule has 0 bridgehead atoms. The Hall–Kier alpha value is -1.40. The first-order valence-electron chi connectivity index (χ1n) is 30.3. The first kappa shape index (κ1) is 59.2. The van der Waals surface area contributed by atoms with E-state index >= 15 is 0 Å². The summed E-state index contributed by atoms with van der Waals surface area (Å²) in [5, 5.41) is 9.44. The average molecular weight is 953 g/mol. The zero-order valence-corrected chi connectivity index (χ0v) is 46.4. The van der Waals surface area contributed by atoms with Crippen molar-refractivity contribution in [3.8, 4) is 0 Å². The fourth-order valence-corrected chi connectivity index (χ4v) is 14.3. The molecule has 0 radical (unpaired) electrons. The Morgan fingerprint density at radius 3 is 1.85 bits per heavy atom. The minimum Gasteiger partial charge on any atom is -0.462 e. The summed E-state index contributed by atoms with van der Waals surface area (Å²) in [6.07, 6.45) is 43.3. The molecule has 3 fully saturated rings. The summed E-state index contributed by atoms with van der Waals surface area (Å²) in [6.45, 7) is 23.0. The maximum Gasteiger partial charge on any atom is 0.306 e. The van der Waals surface area contributed by atoms with Gasteiger partial charge in [-0.05, 0) is 181 Å². The normalized spacial score (nSPS) is 26.6. The molecule has 6 heteroatoms. The van der Waals surface area contributed by atoms with Crippen molar-refractivity contribution in [2.24, 2.45) is 52.3 Å². The number of nitrogens with zero attached hydrogens (tertiary/aromatic N) is 1. The van der Waals surface area contributed by atoms with Crippen molar-refractivity contribution < 1.29 is 24.2 Å². The largest absolute Gasteiger partial charge is 0.462 e. The van der Waals surface area contributed by atoms with Gasteiger partial charge in [-0.25, -0.2) is 0 Å². The number of unbranched alkanes of at least 4 members (excludes halogenated alkanes) is 16. The van der Waals surface area contributed by atoms with Gasteiger partial charge in [0.15, 0.2) is 0 Å². The molecular formula is C62H113NO5. The Bertz CT molecular complexity index is 1380. The molecule has 0 spiro atoms. The van der Waals surface area contributed by atoms with Crippen molar-refractivity contribution in [1.82, 2.24) is 4.90 Å². The molecule has 4 rings (SSSR count). The monoisotopic (exact) mass is 952 g/mol. The summed E-state index contributed by atoms with van der Waals surface area (Å²) >= 11 is 0. The van der Waals surface area contributed by atoms with E-state index in [4.69, 9.17) is 9.47 Å². The molecule has 0 amide bonds. The first-order valence-corrected chi connectivity index (χ1v) is 30.3. The van der Waals surface area contributed by atoms with E-state index in [1.807, 2.05) is 0 Å². The van der Waals surface area contributed by atoms with E-state index < -0.39 is 0 Å². The molecule has 3 saturated carbocycles. The number of esters is 2. The number of aliphatic hydroxyl groups excluding tert-OH is 1. The molecule has 4 aliphatic carbocycles. The Morgan fingerprint density at radius 1 is 0.647 bits per heavy atom. The highest BCUT2D eigenvalue weighted by Gasteiger charge is 2.59. The van der Waals surface area contributed by atoms with Gasteiger partial charge >= 0.3 is 11.9 Å². The van der Waals surface area contributed by atoms with E-state index in [0.717, 1.165) is 145 Å². The number of aliphatic hydroxyl groups is 1. The lowest BCUT2D eigenvalue weighted by atomic mass is 9.47. The van der Waals surface area contributed by atoms with E-state index in [1.54, 1.807) is 5.57 Å². The van der Waals surface area contributed by atoms with Crippen LogP contribution < -0.4 is 0 Å². The predicted molar refractivity (Wildman–Crippen MR) is 288 cm³/mol. The van der Waals surface area contributed by atoms with Gasteiger partial charge in [-0.1, -0.05) is 163 Å². The van der Waals surface area contributed by atoms with Crippen molar-refractivity contribution in [2.75, 3.05) is 26.2 Å². The van der Waals surface area contributed by atoms with Crippen LogP contribution in [0.2, 0.25) is 0 Å². The zero-order chi connectivity index (χ0) is 49.2. The second-order valence-corrected chi connectivity index (χ2v) is 24.6. The molecule has 0 aromatic heterocycles. The number of carbonyl (C=O) groups is 2. The van der Waals surface area contributed by atoms with Gasteiger partial charge in [0.2, 0.25) is 0 Å². The lowest BCUT2D eigenvalue weighted by Crippen LogP contribution is -2.51. The van der Waals surface area contributed by atoms with Crippen molar-refractivity contribution in [3.63, 3.8) is 0 Å². The van der Waals surface area contributed by atoms with E-state index in [2.05, 4.69) is 66.4 Å². The fourth-order valence-electron chi connectivity index (χ4n) is 14.3. The van der Waals surface area contributed by atoms with Crippen LogP contribution in [0.3, 0.4) is 0 Å². The second kappa shape index (κ2) is 32.6. The number of rotatable bonds is 38. The Kier molecular flexibility index (Phi) is 28.4. The number of ether oxygens (including phenoxy) is 2. The summed E-state index contributed by atoms with van der Waals surface area (Å²) in [4.78, 5) is 28.7. The van der Waals surface area contributed by atoms with E-state index in [1.165, 1.54) is 128 Å². The van der Waals surface area contributed by atoms with Gasteiger partial charge in [-0.3, -0.25) is 9.59 Å². The van der Waals surface area contributed by atoms with Gasteiger partial charge in [-0.15, -0.1) is 0 Å². The van der Waals surface area contributed by atoms with Crippen LogP contribution in [0, 0.1) is 52.3 Å². The number of allylic oxidation sites excluding steroid dienone is 1. The van der Waals surface area contributed by atoms with Crippen LogP contribution in [0.15, 0.2) is 11.6 Å². The summed E-state index contributed by atoms with van der Waals surface area (Å²) < 4.78 is 12.3. The van der Waals surface area contributed by atoms with E-state index in [-0.39, 0.29) is 36.2 Å². The van der Waals surface area contributed by atoms with Crippen LogP contribution in [0.4, 0.5) is 0 Å². The van der Waals surface area contributed by atoms with Crippen molar-refractivity contribution in [1.29, 1.82) is 0 Å². The van der Waals surface area contributed by atoms with Crippen LogP contribution in [0.5, 0.6) is 0 Å². The molecule has 0 aromatic rings. The molecule has 0 heterocycles. The lowest BCUT2D eigenvalue weighted by Gasteiger charge is -2.58. The molecule has 0 aromatic carbocycles. The van der Waals surface area contributed by atoms with Gasteiger partial charge in [0.1, 0.15) is 12.2 Å². The standard InChI is InChI=1S/C62H113NO5/c1-9-11-13-15-17-22-30-53(31-23-18-16-14-12-10-2)67-59(65)32-24-19-20-26-44-63(46-28-29-47-64)45-27-21-25-33-60(66)68-54-40-42-61(7)52(48-54)36-37-55-57-39-38-56(62(57,8)43-41-58(55)61)51(6)35-34-50(5)49(3)4/h36,49-51,53-58,64H,9-35,37-48H2,1-8H3. The molecule has 9 unspecified atom stereocenters. The van der Waals surface area contributed by atoms with Crippen LogP contribution >= 0.6 is 0 Å². The van der Waals surface area contributed by atoms with E-state index in [0.29, 0.717) is 18.3 Å². The summed E-state index contributed by atoms with van der Waals surface area (Å²) in [6, 6.07) is 0. The molecule has 4 aliphatic rings. The lowest BCUT2D eigenvalue weighted by molar-refractivity contribution is -0.152. The van der Waals surface area contributed by atoms with Crippen LogP contribution in [0.1, 0.15) is 280 Å². The molecule has 0 aliphatic heterocycles. The van der Waals surface area contributed by atoms with Crippen molar-refractivity contribution >= 4 is 11.9 Å². The van der Waals surface area contributed by atoms with E-state index in [9.17, 15) is 14.7 Å². The zero-order valence-electron chi connectivity index (χ0n) is 46.4. The van der Waals surface area contributed by atoms with Gasteiger partial charge in [0.05, 0.1) is 0 Å². The third-order valence-electron chi connectivity index (χ3n) is 19.2. The van der Waals surface area contributed by atoms with Crippen LogP contribution in [0.25, 0.3) is 0 Å². The van der Waals surface area contributed by atoms with Gasteiger partial charge in [-0.2, -0.15) is 0 Å². The smallest absolute Gasteiger partial charge is 0.306 e. The van der Waals surface area contributed by atoms with Crippen LogP contribution in [-0.4, -0.2) is 60.4 Å². The topological polar surface area (TPSA) is 76.1 Å². The molecule has 9 atom stereocenters. The highest BCUT2D eigenvalue weighted by molar-refractivity contribution is 5.69. The summed E-state index contributed by atoms with van der Waals surface area (Å²) in [5.41, 5.74) is 2.41. The second-order valence-electron chi connectivity index (χ2n) is 24.6. The molecule has 6 nitrogen and oxygen atoms in total. The van der Waals surface area contributed by atoms with Gasteiger partial charge in [0.25, 0.3) is 0 Å². The molecule has 396 valence electrons. The third kappa shape index (κ3) is 19.6. The maximum absolute atomic E-state index is 13.2. The quantitative estimate of drug-likeness (QED) is 0.0377. The molecule has 0 saturated heterocycles. The fraction of sp³-hybridized carbons (Fsp3) is 0.935. The average Bonchev–Trinajstić information content (AvgIpc) is 3.68. The minimum absolute atomic E-state index is 0.00467. The SMILES string of the molecule is CCCCCCCCC(CCCCCCCC)OC(=O)CCCCCCN(CCCCO)CCCCCC(=O)OC1CCC2(C)C(=CCC3C2CCC2(C)C(C(C)CCC(C)C(C)C)CCC32)C1. The van der Waals surface area contributed by atoms with Crippen LogP contribution in [-0.2, 0) is 19.1 Å². The first-order chi connectivity index (χ1) is 32.9. The van der Waals surface area contributed by atoms with Gasteiger partial charge in [0, 0.05) is 25.9 Å². The minimum atomic E-state index is 0.00467. The Labute approximate surface area is 421 Å². The van der Waals surface area contributed by atoms with Crippen molar-refractivity contribution in [2.45, 2.75) is 292 Å². The third-order valence-corrected chi connectivity index (χ3v) is 19.2. The molecular weight excluding hydrogens is 839 g/mol. The Morgan fingerprint density at radius 2 is 1.22 bits per heavy atom. The van der Waals surface area contributed by atoms with Crippen molar-refractivity contribution in [3.05, 3.63) is 11.6 Å². The molecule has 1 N–H and O–H groups in total. The highest BCUT2D eigenvalue weighted by atomic mass is 16.5. The molecule has 68 heavy (non-hydrogen) atoms. The number of carbonyl (C=O) groups excluding carboxylic acids is 2.